The fourth-order valence-electron chi connectivity index (χ4n) is 1.07. The Bertz CT molecular complexity index is 379. The number of Topliss-reactive ketones (excluding diaryl/α,β-unsaturated/α-hetero) is 1. The van der Waals surface area contributed by atoms with Gasteiger partial charge in [0.15, 0.2) is 0 Å². The van der Waals surface area contributed by atoms with Crippen LogP contribution in [0.5, 0.6) is 0 Å². The fraction of sp³-hybridized carbons (Fsp3) is 0.600. The van der Waals surface area contributed by atoms with Crippen LogP contribution < -0.4 is 5.32 Å². The highest BCUT2D eigenvalue weighted by Crippen LogP contribution is 2.06. The Labute approximate surface area is 109 Å². The second-order valence-electron chi connectivity index (χ2n) is 3.53. The van der Waals surface area contributed by atoms with Gasteiger partial charge >= 0.3 is 12.2 Å². The lowest BCUT2D eigenvalue weighted by atomic mass is 10.1. The van der Waals surface area contributed by atoms with Crippen molar-refractivity contribution >= 4 is 35.6 Å². The van der Waals surface area contributed by atoms with Crippen molar-refractivity contribution in [2.45, 2.75) is 31.1 Å². The average molecular weight is 273 g/mol. The quantitative estimate of drug-likeness (QED) is 0.365. The lowest BCUT2D eigenvalue weighted by molar-refractivity contribution is -0.142. The van der Waals surface area contributed by atoms with Gasteiger partial charge in [-0.1, -0.05) is 0 Å². The van der Waals surface area contributed by atoms with E-state index in [2.05, 4.69) is 10.1 Å². The first-order valence-corrected chi connectivity index (χ1v) is 6.47. The first kappa shape index (κ1) is 16.3. The van der Waals surface area contributed by atoms with Crippen LogP contribution in [0, 0.1) is 0 Å². The van der Waals surface area contributed by atoms with Gasteiger partial charge in [0.2, 0.25) is 11.7 Å². The predicted octanol–water partition coefficient (Wildman–Crippen LogP) is -0.0428. The van der Waals surface area contributed by atoms with Crippen molar-refractivity contribution in [3.63, 3.8) is 0 Å². The van der Waals surface area contributed by atoms with Gasteiger partial charge in [-0.2, -0.15) is 16.6 Å². The summed E-state index contributed by atoms with van der Waals surface area (Å²) in [5.74, 6) is -2.10. The number of hydrogen-bond acceptors (Lipinski definition) is 4. The number of hydrogen-bond donors (Lipinski definition) is 2. The summed E-state index contributed by atoms with van der Waals surface area (Å²) in [4.78, 5) is 36.0. The highest BCUT2D eigenvalue weighted by Gasteiger charge is 2.23. The maximum absolute atomic E-state index is 11.5. The molecule has 0 aliphatic carbocycles. The maximum Gasteiger partial charge on any atom is 0.326 e. The normalized spacial score (nSPS) is 13.0. The maximum atomic E-state index is 11.5. The Morgan fingerprint density at radius 2 is 2.11 bits per heavy atom. The SMILES string of the molecule is CSC(C)C(=O)NC(CCC(=O)C=[N+]=[N-])C(=O)O. The summed E-state index contributed by atoms with van der Waals surface area (Å²) in [6, 6.07) is -1.12. The lowest BCUT2D eigenvalue weighted by Crippen LogP contribution is -2.44. The summed E-state index contributed by atoms with van der Waals surface area (Å²) in [7, 11) is 0. The highest BCUT2D eigenvalue weighted by molar-refractivity contribution is 7.99. The molecule has 1 amide bonds. The van der Waals surface area contributed by atoms with Gasteiger partial charge in [0.25, 0.3) is 0 Å². The van der Waals surface area contributed by atoms with Crippen LogP contribution in [0.25, 0.3) is 5.53 Å². The van der Waals surface area contributed by atoms with E-state index in [1.165, 1.54) is 11.8 Å². The van der Waals surface area contributed by atoms with Crippen LogP contribution in [0.2, 0.25) is 0 Å². The summed E-state index contributed by atoms with van der Waals surface area (Å²) in [5, 5.41) is 10.9. The van der Waals surface area contributed by atoms with Gasteiger partial charge in [0.05, 0.1) is 5.25 Å². The molecule has 0 spiro atoms. The van der Waals surface area contributed by atoms with E-state index in [1.54, 1.807) is 13.2 Å². The first-order valence-electron chi connectivity index (χ1n) is 5.18. The first-order chi connectivity index (χ1) is 8.42. The molecule has 0 aliphatic rings. The Kier molecular flexibility index (Phi) is 7.66. The number of ketones is 1. The minimum atomic E-state index is -1.20. The number of amides is 1. The monoisotopic (exact) mass is 273 g/mol. The topological polar surface area (TPSA) is 120 Å². The molecule has 0 aromatic heterocycles. The number of rotatable bonds is 8. The third-order valence-electron chi connectivity index (χ3n) is 2.22. The second kappa shape index (κ2) is 8.43. The summed E-state index contributed by atoms with van der Waals surface area (Å²) in [6.07, 6.45) is 2.27. The minimum Gasteiger partial charge on any atom is -0.480 e. The van der Waals surface area contributed by atoms with Crippen LogP contribution in [0.3, 0.4) is 0 Å². The summed E-state index contributed by atoms with van der Waals surface area (Å²) in [6.45, 7) is 1.66. The summed E-state index contributed by atoms with van der Waals surface area (Å²) in [5.41, 5.74) is 8.12. The smallest absolute Gasteiger partial charge is 0.326 e. The zero-order valence-electron chi connectivity index (χ0n) is 10.1. The van der Waals surface area contributed by atoms with Crippen molar-refractivity contribution in [2.75, 3.05) is 6.26 Å². The van der Waals surface area contributed by atoms with Gasteiger partial charge < -0.3 is 16.0 Å². The van der Waals surface area contributed by atoms with Gasteiger partial charge in [0.1, 0.15) is 6.04 Å². The van der Waals surface area contributed by atoms with Crippen molar-refractivity contribution in [1.29, 1.82) is 0 Å². The predicted molar refractivity (Wildman–Crippen MR) is 66.5 cm³/mol. The van der Waals surface area contributed by atoms with Crippen molar-refractivity contribution in [3.8, 4) is 0 Å². The zero-order chi connectivity index (χ0) is 14.1. The standard InChI is InChI=1S/C10H15N3O4S/c1-6(18-2)9(15)13-8(10(16)17)4-3-7(14)5-12-11/h5-6,8H,3-4H2,1-2H3,(H,13,15)(H,16,17). The Balaban J connectivity index is 4.41. The Hall–Kier alpha value is -1.66. The molecule has 2 unspecified atom stereocenters. The van der Waals surface area contributed by atoms with Crippen LogP contribution in [0.4, 0.5) is 0 Å². The summed E-state index contributed by atoms with van der Waals surface area (Å²) >= 11 is 1.29. The fourth-order valence-corrected chi connectivity index (χ4v) is 1.35. The minimum absolute atomic E-state index is 0.0486. The third-order valence-corrected chi connectivity index (χ3v) is 3.14. The molecular weight excluding hydrogens is 258 g/mol. The molecule has 0 bridgehead atoms. The molecular formula is C10H15N3O4S. The van der Waals surface area contributed by atoms with E-state index in [-0.39, 0.29) is 18.1 Å². The number of nitrogens with one attached hydrogen (secondary N) is 1. The molecule has 0 aromatic carbocycles. The lowest BCUT2D eigenvalue weighted by Gasteiger charge is -2.15. The molecule has 0 fully saturated rings. The van der Waals surface area contributed by atoms with E-state index in [4.69, 9.17) is 10.6 Å². The van der Waals surface area contributed by atoms with Crippen molar-refractivity contribution in [2.24, 2.45) is 0 Å². The van der Waals surface area contributed by atoms with Crippen LogP contribution in [-0.4, -0.2) is 51.3 Å². The third kappa shape index (κ3) is 6.17. The largest absolute Gasteiger partial charge is 0.480 e. The average Bonchev–Trinajstić information content (AvgIpc) is 2.32. The van der Waals surface area contributed by atoms with E-state index in [0.29, 0.717) is 6.21 Å². The molecule has 0 radical (unpaired) electrons. The van der Waals surface area contributed by atoms with E-state index < -0.39 is 23.7 Å². The van der Waals surface area contributed by atoms with Gasteiger partial charge in [-0.05, 0) is 19.6 Å². The van der Waals surface area contributed by atoms with E-state index in [1.807, 2.05) is 0 Å². The van der Waals surface area contributed by atoms with Crippen LogP contribution in [0.1, 0.15) is 19.8 Å². The van der Waals surface area contributed by atoms with Gasteiger partial charge in [-0.25, -0.2) is 4.79 Å². The number of carbonyl (C=O) groups is 3. The summed E-state index contributed by atoms with van der Waals surface area (Å²) < 4.78 is 0. The zero-order valence-corrected chi connectivity index (χ0v) is 10.9. The number of carboxylic acids is 1. The molecule has 8 heteroatoms. The van der Waals surface area contributed by atoms with Gasteiger partial charge in [0, 0.05) is 6.42 Å². The Morgan fingerprint density at radius 1 is 1.50 bits per heavy atom. The molecule has 2 N–H and O–H groups in total. The Morgan fingerprint density at radius 3 is 2.56 bits per heavy atom. The van der Waals surface area contributed by atoms with Crippen molar-refractivity contribution < 1.29 is 24.3 Å². The molecule has 100 valence electrons. The van der Waals surface area contributed by atoms with Crippen LogP contribution in [-0.2, 0) is 14.4 Å². The molecule has 7 nitrogen and oxygen atoms in total. The van der Waals surface area contributed by atoms with Crippen LogP contribution in [0.15, 0.2) is 0 Å². The number of nitrogens with zero attached hydrogens (tertiary/aromatic N) is 2. The van der Waals surface area contributed by atoms with Crippen molar-refractivity contribution in [1.82, 2.24) is 5.32 Å². The molecule has 0 heterocycles. The second-order valence-corrected chi connectivity index (χ2v) is 4.71. The van der Waals surface area contributed by atoms with Gasteiger partial charge in [-0.15, -0.1) is 0 Å². The molecule has 0 rings (SSSR count). The molecule has 0 saturated heterocycles. The molecule has 0 aromatic rings. The molecule has 2 atom stereocenters. The van der Waals surface area contributed by atoms with E-state index in [0.717, 1.165) is 0 Å². The van der Waals surface area contributed by atoms with E-state index in [9.17, 15) is 14.4 Å². The number of carboxylic acid groups (broad SMARTS) is 1. The highest BCUT2D eigenvalue weighted by atomic mass is 32.2. The van der Waals surface area contributed by atoms with Crippen LogP contribution >= 0.6 is 11.8 Å². The number of carbonyl (C=O) groups excluding carboxylic acids is 2. The van der Waals surface area contributed by atoms with E-state index >= 15 is 0 Å². The molecule has 18 heavy (non-hydrogen) atoms. The number of aliphatic carboxylic acids is 1. The molecule has 0 aliphatic heterocycles. The molecule has 0 saturated carbocycles. The number of thioether (sulfide) groups is 1. The van der Waals surface area contributed by atoms with Gasteiger partial charge in [-0.3, -0.25) is 9.59 Å². The van der Waals surface area contributed by atoms with Crippen molar-refractivity contribution in [3.05, 3.63) is 5.53 Å².